The second kappa shape index (κ2) is 6.92. The Morgan fingerprint density at radius 1 is 1.29 bits per heavy atom. The molecule has 0 aliphatic rings. The predicted molar refractivity (Wildman–Crippen MR) is 80.5 cm³/mol. The van der Waals surface area contributed by atoms with Crippen LogP contribution < -0.4 is 10.3 Å². The Labute approximate surface area is 122 Å². The second-order valence-electron chi connectivity index (χ2n) is 5.00. The molecule has 0 aliphatic carbocycles. The highest BCUT2D eigenvalue weighted by atomic mass is 16.5. The van der Waals surface area contributed by atoms with E-state index in [1.165, 1.54) is 6.07 Å². The van der Waals surface area contributed by atoms with Gasteiger partial charge in [-0.25, -0.2) is 0 Å². The summed E-state index contributed by atoms with van der Waals surface area (Å²) in [5, 5.41) is 0.908. The van der Waals surface area contributed by atoms with Crippen LogP contribution in [0.25, 0.3) is 10.9 Å². The van der Waals surface area contributed by atoms with Gasteiger partial charge in [-0.2, -0.15) is 0 Å². The number of benzene rings is 1. The lowest BCUT2D eigenvalue weighted by atomic mass is 10.1. The number of esters is 1. The lowest BCUT2D eigenvalue weighted by Crippen LogP contribution is -2.15. The normalized spacial score (nSPS) is 12.1. The molecular weight excluding hydrogens is 270 g/mol. The van der Waals surface area contributed by atoms with Crippen LogP contribution in [-0.4, -0.2) is 24.2 Å². The van der Waals surface area contributed by atoms with Crippen LogP contribution in [0.4, 0.5) is 0 Å². The van der Waals surface area contributed by atoms with Gasteiger partial charge in [-0.1, -0.05) is 6.92 Å². The molecule has 0 radical (unpaired) electrons. The fourth-order valence-corrected chi connectivity index (χ4v) is 2.02. The minimum absolute atomic E-state index is 0.0790. The fourth-order valence-electron chi connectivity index (χ4n) is 2.02. The maximum atomic E-state index is 11.4. The molecule has 5 nitrogen and oxygen atoms in total. The van der Waals surface area contributed by atoms with E-state index < -0.39 is 0 Å². The molecule has 0 bridgehead atoms. The molecule has 0 saturated heterocycles. The summed E-state index contributed by atoms with van der Waals surface area (Å²) in [6, 6.07) is 8.71. The molecule has 0 aliphatic heterocycles. The number of ether oxygens (including phenoxy) is 2. The number of hydrogen-bond donors (Lipinski definition) is 1. The van der Waals surface area contributed by atoms with Crippen molar-refractivity contribution in [3.05, 3.63) is 40.7 Å². The SMILES string of the molecule is CCOC(=O)CC(C)COc1ccc2[nH]c(=O)ccc2c1. The highest BCUT2D eigenvalue weighted by Gasteiger charge is 2.10. The minimum Gasteiger partial charge on any atom is -0.493 e. The van der Waals surface area contributed by atoms with Gasteiger partial charge in [0.25, 0.3) is 0 Å². The summed E-state index contributed by atoms with van der Waals surface area (Å²) >= 11 is 0. The topological polar surface area (TPSA) is 68.4 Å². The molecule has 0 saturated carbocycles. The minimum atomic E-state index is -0.204. The highest BCUT2D eigenvalue weighted by molar-refractivity contribution is 5.79. The fraction of sp³-hybridized carbons (Fsp3) is 0.375. The number of carbonyl (C=O) groups excluding carboxylic acids is 1. The standard InChI is InChI=1S/C16H19NO4/c1-3-20-16(19)8-11(2)10-21-13-5-6-14-12(9-13)4-7-15(18)17-14/h4-7,9,11H,3,8,10H2,1-2H3,(H,17,18). The summed E-state index contributed by atoms with van der Waals surface area (Å²) in [7, 11) is 0. The van der Waals surface area contributed by atoms with Gasteiger partial charge in [0.05, 0.1) is 19.6 Å². The van der Waals surface area contributed by atoms with Crippen LogP contribution in [0.3, 0.4) is 0 Å². The van der Waals surface area contributed by atoms with Gasteiger partial charge in [0.2, 0.25) is 5.56 Å². The van der Waals surface area contributed by atoms with Crippen LogP contribution in [0.2, 0.25) is 0 Å². The van der Waals surface area contributed by atoms with E-state index in [-0.39, 0.29) is 17.4 Å². The van der Waals surface area contributed by atoms with Crippen LogP contribution in [0.5, 0.6) is 5.75 Å². The molecule has 1 N–H and O–H groups in total. The number of aromatic amines is 1. The Bertz CT molecular complexity index is 677. The Kier molecular flexibility index (Phi) is 4.98. The first kappa shape index (κ1) is 15.1. The average Bonchev–Trinajstić information content (AvgIpc) is 2.45. The van der Waals surface area contributed by atoms with Gasteiger partial charge in [-0.3, -0.25) is 9.59 Å². The monoisotopic (exact) mass is 289 g/mol. The highest BCUT2D eigenvalue weighted by Crippen LogP contribution is 2.19. The number of nitrogens with one attached hydrogen (secondary N) is 1. The predicted octanol–water partition coefficient (Wildman–Crippen LogP) is 2.50. The lowest BCUT2D eigenvalue weighted by Gasteiger charge is -2.12. The van der Waals surface area contributed by atoms with E-state index in [9.17, 15) is 9.59 Å². The first-order chi connectivity index (χ1) is 10.1. The molecule has 0 spiro atoms. The summed E-state index contributed by atoms with van der Waals surface area (Å²) in [6.45, 7) is 4.57. The van der Waals surface area contributed by atoms with E-state index in [2.05, 4.69) is 4.98 Å². The van der Waals surface area contributed by atoms with Crippen LogP contribution in [-0.2, 0) is 9.53 Å². The first-order valence-corrected chi connectivity index (χ1v) is 7.00. The van der Waals surface area contributed by atoms with Gasteiger partial charge < -0.3 is 14.5 Å². The maximum absolute atomic E-state index is 11.4. The van der Waals surface area contributed by atoms with Crippen molar-refractivity contribution >= 4 is 16.9 Å². The Balaban J connectivity index is 1.95. The molecule has 112 valence electrons. The molecule has 2 aromatic rings. The molecule has 5 heteroatoms. The second-order valence-corrected chi connectivity index (χ2v) is 5.00. The van der Waals surface area contributed by atoms with Gasteiger partial charge in [-0.05, 0) is 31.2 Å². The van der Waals surface area contributed by atoms with E-state index >= 15 is 0 Å². The van der Waals surface area contributed by atoms with Gasteiger partial charge in [-0.15, -0.1) is 0 Å². The van der Waals surface area contributed by atoms with E-state index in [1.807, 2.05) is 19.1 Å². The molecule has 0 amide bonds. The Hall–Kier alpha value is -2.30. The maximum Gasteiger partial charge on any atom is 0.306 e. The van der Waals surface area contributed by atoms with E-state index in [1.54, 1.807) is 19.1 Å². The summed E-state index contributed by atoms with van der Waals surface area (Å²) in [4.78, 5) is 25.3. The zero-order chi connectivity index (χ0) is 15.2. The van der Waals surface area contributed by atoms with Crippen LogP contribution >= 0.6 is 0 Å². The molecule has 1 aromatic heterocycles. The van der Waals surface area contributed by atoms with Gasteiger partial charge in [0.15, 0.2) is 0 Å². The number of rotatable bonds is 6. The number of pyridine rings is 1. The van der Waals surface area contributed by atoms with Crippen molar-refractivity contribution in [2.75, 3.05) is 13.2 Å². The molecule has 2 rings (SSSR count). The van der Waals surface area contributed by atoms with E-state index in [4.69, 9.17) is 9.47 Å². The van der Waals surface area contributed by atoms with Gasteiger partial charge >= 0.3 is 5.97 Å². The van der Waals surface area contributed by atoms with E-state index in [0.717, 1.165) is 10.9 Å². The molecule has 0 fully saturated rings. The van der Waals surface area contributed by atoms with Crippen molar-refractivity contribution in [3.63, 3.8) is 0 Å². The number of fused-ring (bicyclic) bond motifs is 1. The van der Waals surface area contributed by atoms with Gasteiger partial charge in [0.1, 0.15) is 5.75 Å². The smallest absolute Gasteiger partial charge is 0.306 e. The number of H-pyrrole nitrogens is 1. The summed E-state index contributed by atoms with van der Waals surface area (Å²) in [5.74, 6) is 0.588. The Morgan fingerprint density at radius 2 is 2.10 bits per heavy atom. The Morgan fingerprint density at radius 3 is 2.86 bits per heavy atom. The number of carbonyl (C=O) groups is 1. The van der Waals surface area contributed by atoms with E-state index in [0.29, 0.717) is 25.4 Å². The zero-order valence-corrected chi connectivity index (χ0v) is 12.2. The van der Waals surface area contributed by atoms with Crippen molar-refractivity contribution in [1.82, 2.24) is 4.98 Å². The molecule has 21 heavy (non-hydrogen) atoms. The summed E-state index contributed by atoms with van der Waals surface area (Å²) in [5.41, 5.74) is 0.647. The summed E-state index contributed by atoms with van der Waals surface area (Å²) in [6.07, 6.45) is 0.342. The number of aromatic nitrogens is 1. The third kappa shape index (κ3) is 4.34. The van der Waals surface area contributed by atoms with Crippen molar-refractivity contribution in [2.45, 2.75) is 20.3 Å². The van der Waals surface area contributed by atoms with Crippen LogP contribution in [0.15, 0.2) is 35.1 Å². The van der Waals surface area contributed by atoms with Crippen molar-refractivity contribution < 1.29 is 14.3 Å². The molecule has 1 atom stereocenters. The molecule has 1 unspecified atom stereocenters. The number of hydrogen-bond acceptors (Lipinski definition) is 4. The molecule has 1 aromatic carbocycles. The summed E-state index contributed by atoms with van der Waals surface area (Å²) < 4.78 is 10.6. The van der Waals surface area contributed by atoms with Crippen molar-refractivity contribution in [3.8, 4) is 5.75 Å². The largest absolute Gasteiger partial charge is 0.493 e. The third-order valence-corrected chi connectivity index (χ3v) is 3.05. The first-order valence-electron chi connectivity index (χ1n) is 7.00. The molecule has 1 heterocycles. The third-order valence-electron chi connectivity index (χ3n) is 3.05. The molecular formula is C16H19NO4. The zero-order valence-electron chi connectivity index (χ0n) is 12.2. The van der Waals surface area contributed by atoms with Crippen LogP contribution in [0.1, 0.15) is 20.3 Å². The van der Waals surface area contributed by atoms with Crippen molar-refractivity contribution in [2.24, 2.45) is 5.92 Å². The van der Waals surface area contributed by atoms with Crippen molar-refractivity contribution in [1.29, 1.82) is 0 Å². The lowest BCUT2D eigenvalue weighted by molar-refractivity contribution is -0.144. The van der Waals surface area contributed by atoms with Gasteiger partial charge in [0, 0.05) is 22.9 Å². The average molecular weight is 289 g/mol. The quantitative estimate of drug-likeness (QED) is 0.830. The van der Waals surface area contributed by atoms with Crippen LogP contribution in [0, 0.1) is 5.92 Å².